The maximum Gasteiger partial charge on any atom is 0.287 e. The van der Waals surface area contributed by atoms with Crippen LogP contribution >= 0.6 is 11.8 Å². The SMILES string of the molecule is COC[C@@H](C)NC(=O)c1ccc(CSc2ccccc2)o1. The molecule has 1 N–H and O–H groups in total. The summed E-state index contributed by atoms with van der Waals surface area (Å²) in [5.74, 6) is 1.61. The first kappa shape index (κ1) is 15.7. The number of hydrogen-bond donors (Lipinski definition) is 1. The molecular weight excluding hydrogens is 286 g/mol. The van der Waals surface area contributed by atoms with E-state index in [2.05, 4.69) is 5.32 Å². The standard InChI is InChI=1S/C16H19NO3S/c1-12(10-19-2)17-16(18)15-9-8-13(20-15)11-21-14-6-4-3-5-7-14/h3-9,12H,10-11H2,1-2H3,(H,17,18)/t12-/m1/s1. The zero-order valence-electron chi connectivity index (χ0n) is 12.2. The van der Waals surface area contributed by atoms with Crippen molar-refractivity contribution in [2.75, 3.05) is 13.7 Å². The summed E-state index contributed by atoms with van der Waals surface area (Å²) in [5.41, 5.74) is 0. The van der Waals surface area contributed by atoms with E-state index in [1.54, 1.807) is 24.9 Å². The summed E-state index contributed by atoms with van der Waals surface area (Å²) in [5, 5.41) is 2.82. The van der Waals surface area contributed by atoms with Crippen LogP contribution in [0.5, 0.6) is 0 Å². The van der Waals surface area contributed by atoms with E-state index in [4.69, 9.17) is 9.15 Å². The van der Waals surface area contributed by atoms with Crippen LogP contribution in [0.2, 0.25) is 0 Å². The van der Waals surface area contributed by atoms with Gasteiger partial charge in [-0.2, -0.15) is 0 Å². The molecule has 0 radical (unpaired) electrons. The van der Waals surface area contributed by atoms with Crippen molar-refractivity contribution in [2.45, 2.75) is 23.6 Å². The molecule has 0 unspecified atom stereocenters. The summed E-state index contributed by atoms with van der Waals surface area (Å²) < 4.78 is 10.6. The van der Waals surface area contributed by atoms with Crippen LogP contribution in [-0.2, 0) is 10.5 Å². The van der Waals surface area contributed by atoms with Crippen LogP contribution in [0.3, 0.4) is 0 Å². The van der Waals surface area contributed by atoms with Gasteiger partial charge in [0.05, 0.1) is 12.4 Å². The van der Waals surface area contributed by atoms with E-state index < -0.39 is 0 Å². The molecule has 0 aliphatic heterocycles. The number of carbonyl (C=O) groups is 1. The van der Waals surface area contributed by atoms with Gasteiger partial charge >= 0.3 is 0 Å². The van der Waals surface area contributed by atoms with Crippen molar-refractivity contribution in [1.82, 2.24) is 5.32 Å². The van der Waals surface area contributed by atoms with Gasteiger partial charge in [-0.25, -0.2) is 0 Å². The minimum absolute atomic E-state index is 0.0465. The van der Waals surface area contributed by atoms with Crippen LogP contribution in [0.15, 0.2) is 51.8 Å². The van der Waals surface area contributed by atoms with Crippen LogP contribution in [0.4, 0.5) is 0 Å². The molecule has 1 heterocycles. The highest BCUT2D eigenvalue weighted by Gasteiger charge is 2.13. The number of methoxy groups -OCH3 is 1. The predicted octanol–water partition coefficient (Wildman–Crippen LogP) is 3.34. The zero-order valence-corrected chi connectivity index (χ0v) is 13.0. The molecule has 112 valence electrons. The molecule has 0 bridgehead atoms. The maximum absolute atomic E-state index is 12.0. The van der Waals surface area contributed by atoms with Crippen LogP contribution in [-0.4, -0.2) is 25.7 Å². The van der Waals surface area contributed by atoms with Crippen molar-refractivity contribution in [3.05, 3.63) is 54.0 Å². The normalized spacial score (nSPS) is 12.1. The summed E-state index contributed by atoms with van der Waals surface area (Å²) >= 11 is 1.68. The Labute approximate surface area is 128 Å². The molecule has 0 saturated heterocycles. The Morgan fingerprint density at radius 2 is 2.05 bits per heavy atom. The molecule has 2 aromatic rings. The first-order chi connectivity index (χ1) is 10.2. The third-order valence-electron chi connectivity index (χ3n) is 2.80. The molecule has 1 amide bonds. The Morgan fingerprint density at radius 3 is 2.76 bits per heavy atom. The molecule has 1 aromatic heterocycles. The quantitative estimate of drug-likeness (QED) is 0.797. The highest BCUT2D eigenvalue weighted by atomic mass is 32.2. The second kappa shape index (κ2) is 7.90. The number of nitrogens with one attached hydrogen (secondary N) is 1. The summed E-state index contributed by atoms with van der Waals surface area (Å²) in [6.07, 6.45) is 0. The van der Waals surface area contributed by atoms with E-state index in [1.807, 2.05) is 43.3 Å². The molecule has 1 atom stereocenters. The summed E-state index contributed by atoms with van der Waals surface area (Å²) in [6.45, 7) is 2.36. The number of furan rings is 1. The molecule has 0 spiro atoms. The van der Waals surface area contributed by atoms with Gasteiger partial charge < -0.3 is 14.5 Å². The Balaban J connectivity index is 1.87. The number of amides is 1. The van der Waals surface area contributed by atoms with Gasteiger partial charge in [-0.1, -0.05) is 18.2 Å². The molecule has 5 heteroatoms. The highest BCUT2D eigenvalue weighted by molar-refractivity contribution is 7.98. The van der Waals surface area contributed by atoms with Crippen molar-refractivity contribution in [3.63, 3.8) is 0 Å². The van der Waals surface area contributed by atoms with Crippen molar-refractivity contribution in [3.8, 4) is 0 Å². The van der Waals surface area contributed by atoms with Crippen LogP contribution in [0.25, 0.3) is 0 Å². The van der Waals surface area contributed by atoms with E-state index in [0.29, 0.717) is 18.1 Å². The maximum atomic E-state index is 12.0. The Morgan fingerprint density at radius 1 is 1.29 bits per heavy atom. The van der Waals surface area contributed by atoms with Gasteiger partial charge in [0, 0.05) is 18.0 Å². The Hall–Kier alpha value is -1.72. The average molecular weight is 305 g/mol. The van der Waals surface area contributed by atoms with Crippen molar-refractivity contribution in [1.29, 1.82) is 0 Å². The van der Waals surface area contributed by atoms with E-state index in [9.17, 15) is 4.79 Å². The minimum Gasteiger partial charge on any atom is -0.455 e. The molecule has 0 fully saturated rings. The predicted molar refractivity (Wildman–Crippen MR) is 83.5 cm³/mol. The summed E-state index contributed by atoms with van der Waals surface area (Å²) in [6, 6.07) is 13.6. The molecular formula is C16H19NO3S. The number of benzene rings is 1. The average Bonchev–Trinajstić information content (AvgIpc) is 2.95. The third kappa shape index (κ3) is 4.95. The smallest absolute Gasteiger partial charge is 0.287 e. The van der Waals surface area contributed by atoms with Crippen LogP contribution in [0.1, 0.15) is 23.2 Å². The van der Waals surface area contributed by atoms with Crippen molar-refractivity contribution < 1.29 is 13.9 Å². The fraction of sp³-hybridized carbons (Fsp3) is 0.312. The summed E-state index contributed by atoms with van der Waals surface area (Å²) in [7, 11) is 1.61. The first-order valence-corrected chi connectivity index (χ1v) is 7.74. The number of hydrogen-bond acceptors (Lipinski definition) is 4. The van der Waals surface area contributed by atoms with Gasteiger partial charge in [0.1, 0.15) is 5.76 Å². The minimum atomic E-state index is -0.212. The van der Waals surface area contributed by atoms with Crippen molar-refractivity contribution >= 4 is 17.7 Å². The second-order valence-electron chi connectivity index (χ2n) is 4.70. The van der Waals surface area contributed by atoms with Gasteiger partial charge in [0.2, 0.25) is 0 Å². The number of rotatable bonds is 7. The molecule has 4 nitrogen and oxygen atoms in total. The van der Waals surface area contributed by atoms with Gasteiger partial charge in [0.25, 0.3) is 5.91 Å². The lowest BCUT2D eigenvalue weighted by Gasteiger charge is -2.11. The van der Waals surface area contributed by atoms with Crippen LogP contribution < -0.4 is 5.32 Å². The highest BCUT2D eigenvalue weighted by Crippen LogP contribution is 2.23. The molecule has 21 heavy (non-hydrogen) atoms. The lowest BCUT2D eigenvalue weighted by atomic mass is 10.3. The van der Waals surface area contributed by atoms with Gasteiger partial charge in [-0.3, -0.25) is 4.79 Å². The van der Waals surface area contributed by atoms with Gasteiger partial charge in [-0.15, -0.1) is 11.8 Å². The number of thioether (sulfide) groups is 1. The van der Waals surface area contributed by atoms with Gasteiger partial charge in [-0.05, 0) is 31.2 Å². The van der Waals surface area contributed by atoms with Gasteiger partial charge in [0.15, 0.2) is 5.76 Å². The lowest BCUT2D eigenvalue weighted by molar-refractivity contribution is 0.0876. The first-order valence-electron chi connectivity index (χ1n) is 6.75. The van der Waals surface area contributed by atoms with E-state index in [1.165, 1.54) is 4.90 Å². The molecule has 2 rings (SSSR count). The molecule has 0 aliphatic carbocycles. The second-order valence-corrected chi connectivity index (χ2v) is 5.75. The monoisotopic (exact) mass is 305 g/mol. The molecule has 0 saturated carbocycles. The lowest BCUT2D eigenvalue weighted by Crippen LogP contribution is -2.35. The third-order valence-corrected chi connectivity index (χ3v) is 3.84. The van der Waals surface area contributed by atoms with E-state index >= 15 is 0 Å². The Bertz CT molecular complexity index is 568. The Kier molecular flexibility index (Phi) is 5.90. The van der Waals surface area contributed by atoms with Crippen LogP contribution in [0, 0.1) is 0 Å². The fourth-order valence-corrected chi connectivity index (χ4v) is 2.65. The zero-order chi connectivity index (χ0) is 15.1. The molecule has 0 aliphatic rings. The number of ether oxygens (including phenoxy) is 1. The topological polar surface area (TPSA) is 51.5 Å². The van der Waals surface area contributed by atoms with E-state index in [-0.39, 0.29) is 11.9 Å². The molecule has 1 aromatic carbocycles. The largest absolute Gasteiger partial charge is 0.455 e. The fourth-order valence-electron chi connectivity index (χ4n) is 1.84. The van der Waals surface area contributed by atoms with Crippen molar-refractivity contribution in [2.24, 2.45) is 0 Å². The van der Waals surface area contributed by atoms with E-state index in [0.717, 1.165) is 5.76 Å². The summed E-state index contributed by atoms with van der Waals surface area (Å²) in [4.78, 5) is 13.1. The number of carbonyl (C=O) groups excluding carboxylic acids is 1.